The highest BCUT2D eigenvalue weighted by molar-refractivity contribution is 5.82. The number of rotatable bonds is 5. The minimum absolute atomic E-state index is 0.235. The Hall–Kier alpha value is -2.40. The Morgan fingerprint density at radius 3 is 2.88 bits per heavy atom. The van der Waals surface area contributed by atoms with E-state index >= 15 is 0 Å². The van der Waals surface area contributed by atoms with Crippen LogP contribution in [0.2, 0.25) is 0 Å². The summed E-state index contributed by atoms with van der Waals surface area (Å²) in [5.74, 6) is 1.70. The van der Waals surface area contributed by atoms with Crippen molar-refractivity contribution in [3.05, 3.63) is 59.2 Å². The zero-order chi connectivity index (χ0) is 17.2. The second-order valence-electron chi connectivity index (χ2n) is 6.57. The van der Waals surface area contributed by atoms with E-state index < -0.39 is 0 Å². The first-order chi connectivity index (χ1) is 12.2. The van der Waals surface area contributed by atoms with Crippen LogP contribution in [-0.4, -0.2) is 18.1 Å². The molecule has 3 aromatic rings. The van der Waals surface area contributed by atoms with E-state index in [1.807, 2.05) is 19.2 Å². The summed E-state index contributed by atoms with van der Waals surface area (Å²) in [5, 5.41) is 4.29. The van der Waals surface area contributed by atoms with Gasteiger partial charge in [-0.15, -0.1) is 0 Å². The summed E-state index contributed by atoms with van der Waals surface area (Å²) in [7, 11) is 0. The molecule has 130 valence electrons. The molecule has 1 aliphatic rings. The molecule has 5 heteroatoms. The van der Waals surface area contributed by atoms with Gasteiger partial charge in [0.15, 0.2) is 0 Å². The second-order valence-corrected chi connectivity index (χ2v) is 6.57. The predicted octanol–water partition coefficient (Wildman–Crippen LogP) is 4.17. The second kappa shape index (κ2) is 6.84. The van der Waals surface area contributed by atoms with Crippen molar-refractivity contribution in [2.24, 2.45) is 0 Å². The molecule has 0 radical (unpaired) electrons. The topological polar surface area (TPSA) is 41.3 Å². The first kappa shape index (κ1) is 16.1. The molecule has 1 N–H and O–H groups in total. The molecule has 1 aromatic carbocycles. The lowest BCUT2D eigenvalue weighted by Crippen LogP contribution is -2.22. The summed E-state index contributed by atoms with van der Waals surface area (Å²) in [6.45, 7) is 5.47. The number of benzene rings is 1. The van der Waals surface area contributed by atoms with Gasteiger partial charge in [-0.1, -0.05) is 6.07 Å². The molecule has 25 heavy (non-hydrogen) atoms. The van der Waals surface area contributed by atoms with Gasteiger partial charge >= 0.3 is 0 Å². The Labute approximate surface area is 146 Å². The fourth-order valence-electron chi connectivity index (χ4n) is 3.51. The first-order valence-electron chi connectivity index (χ1n) is 8.79. The van der Waals surface area contributed by atoms with Gasteiger partial charge in [-0.05, 0) is 49.6 Å². The fourth-order valence-corrected chi connectivity index (χ4v) is 3.51. The van der Waals surface area contributed by atoms with Gasteiger partial charge in [0, 0.05) is 36.8 Å². The van der Waals surface area contributed by atoms with E-state index in [0.29, 0.717) is 6.54 Å². The largest absolute Gasteiger partial charge is 0.459 e. The maximum Gasteiger partial charge on any atom is 0.134 e. The highest BCUT2D eigenvalue weighted by atomic mass is 19.1. The summed E-state index contributed by atoms with van der Waals surface area (Å²) >= 11 is 0. The van der Waals surface area contributed by atoms with E-state index in [0.717, 1.165) is 47.7 Å². The van der Waals surface area contributed by atoms with E-state index in [1.165, 1.54) is 30.5 Å². The molecule has 0 amide bonds. The van der Waals surface area contributed by atoms with Gasteiger partial charge in [-0.25, -0.2) is 9.37 Å². The predicted molar refractivity (Wildman–Crippen MR) is 97.1 cm³/mol. The average molecular weight is 339 g/mol. The summed E-state index contributed by atoms with van der Waals surface area (Å²) in [4.78, 5) is 6.92. The first-order valence-corrected chi connectivity index (χ1v) is 8.79. The van der Waals surface area contributed by atoms with Gasteiger partial charge in [0.25, 0.3) is 0 Å². The number of aryl methyl sites for hydroxylation is 1. The maximum absolute atomic E-state index is 13.4. The number of fused-ring (bicyclic) bond motifs is 1. The van der Waals surface area contributed by atoms with Gasteiger partial charge in [0.05, 0.1) is 6.54 Å². The summed E-state index contributed by atoms with van der Waals surface area (Å²) in [6.07, 6.45) is 4.32. The Bertz CT molecular complexity index is 884. The minimum atomic E-state index is -0.235. The van der Waals surface area contributed by atoms with E-state index in [2.05, 4.69) is 21.3 Å². The van der Waals surface area contributed by atoms with Crippen LogP contribution in [0, 0.1) is 12.7 Å². The molecule has 1 fully saturated rings. The van der Waals surface area contributed by atoms with Crippen LogP contribution in [-0.2, 0) is 13.1 Å². The highest BCUT2D eigenvalue weighted by Gasteiger charge is 2.17. The molecule has 4 nitrogen and oxygen atoms in total. The van der Waals surface area contributed by atoms with E-state index in [9.17, 15) is 4.39 Å². The number of aromatic nitrogens is 1. The SMILES string of the molecule is Cc1c(CNCc2cccnc2N2CCCC2)oc2ccc(F)cc12. The molecule has 0 bridgehead atoms. The van der Waals surface area contributed by atoms with Crippen LogP contribution >= 0.6 is 0 Å². The normalized spacial score (nSPS) is 14.6. The Morgan fingerprint density at radius 1 is 1.20 bits per heavy atom. The lowest BCUT2D eigenvalue weighted by atomic mass is 10.1. The molecule has 0 unspecified atom stereocenters. The quantitative estimate of drug-likeness (QED) is 0.758. The molecule has 4 rings (SSSR count). The fraction of sp³-hybridized carbons (Fsp3) is 0.350. The Morgan fingerprint density at radius 2 is 2.04 bits per heavy atom. The third-order valence-corrected chi connectivity index (χ3v) is 4.87. The molecule has 0 saturated carbocycles. The van der Waals surface area contributed by atoms with Gasteiger partial charge < -0.3 is 14.6 Å². The number of hydrogen-bond acceptors (Lipinski definition) is 4. The number of furan rings is 1. The van der Waals surface area contributed by atoms with E-state index in [-0.39, 0.29) is 5.82 Å². The minimum Gasteiger partial charge on any atom is -0.459 e. The van der Waals surface area contributed by atoms with Crippen LogP contribution < -0.4 is 10.2 Å². The third-order valence-electron chi connectivity index (χ3n) is 4.87. The molecule has 0 atom stereocenters. The van der Waals surface area contributed by atoms with Crippen LogP contribution in [0.5, 0.6) is 0 Å². The van der Waals surface area contributed by atoms with Crippen molar-refractivity contribution in [1.82, 2.24) is 10.3 Å². The van der Waals surface area contributed by atoms with Crippen molar-refractivity contribution in [3.8, 4) is 0 Å². The zero-order valence-electron chi connectivity index (χ0n) is 14.4. The molecule has 1 aliphatic heterocycles. The van der Waals surface area contributed by atoms with Crippen LogP contribution in [0.15, 0.2) is 40.9 Å². The van der Waals surface area contributed by atoms with Gasteiger partial charge in [0.1, 0.15) is 23.0 Å². The van der Waals surface area contributed by atoms with Crippen LogP contribution in [0.4, 0.5) is 10.2 Å². The highest BCUT2D eigenvalue weighted by Crippen LogP contribution is 2.26. The summed E-state index contributed by atoms with van der Waals surface area (Å²) in [6, 6.07) is 8.75. The van der Waals surface area contributed by atoms with Gasteiger partial charge in [0.2, 0.25) is 0 Å². The number of anilines is 1. The standard InChI is InChI=1S/C20H22FN3O/c1-14-17-11-16(21)6-7-18(17)25-19(14)13-22-12-15-5-4-8-23-20(15)24-9-2-3-10-24/h4-8,11,22H,2-3,9-10,12-13H2,1H3. The van der Waals surface area contributed by atoms with Gasteiger partial charge in [-0.3, -0.25) is 0 Å². The van der Waals surface area contributed by atoms with Crippen molar-refractivity contribution >= 4 is 16.8 Å². The molecule has 3 heterocycles. The number of nitrogens with zero attached hydrogens (tertiary/aromatic N) is 2. The van der Waals surface area contributed by atoms with Crippen molar-refractivity contribution in [1.29, 1.82) is 0 Å². The molecule has 2 aromatic heterocycles. The zero-order valence-corrected chi connectivity index (χ0v) is 14.4. The third kappa shape index (κ3) is 3.24. The van der Waals surface area contributed by atoms with E-state index in [1.54, 1.807) is 6.07 Å². The molecule has 0 aliphatic carbocycles. The number of hydrogen-bond donors (Lipinski definition) is 1. The van der Waals surface area contributed by atoms with Crippen molar-refractivity contribution in [3.63, 3.8) is 0 Å². The Balaban J connectivity index is 1.47. The van der Waals surface area contributed by atoms with Crippen molar-refractivity contribution < 1.29 is 8.81 Å². The maximum atomic E-state index is 13.4. The van der Waals surface area contributed by atoms with Crippen molar-refractivity contribution in [2.45, 2.75) is 32.9 Å². The summed E-state index contributed by atoms with van der Waals surface area (Å²) in [5.41, 5.74) is 2.92. The average Bonchev–Trinajstić information content (AvgIpc) is 3.25. The van der Waals surface area contributed by atoms with E-state index in [4.69, 9.17) is 4.42 Å². The lowest BCUT2D eigenvalue weighted by Gasteiger charge is -2.19. The molecule has 1 saturated heterocycles. The molecule has 0 spiro atoms. The molecular formula is C20H22FN3O. The lowest BCUT2D eigenvalue weighted by molar-refractivity contribution is 0.509. The number of halogens is 1. The van der Waals surface area contributed by atoms with Crippen LogP contribution in [0.3, 0.4) is 0 Å². The van der Waals surface area contributed by atoms with Crippen LogP contribution in [0.25, 0.3) is 11.0 Å². The van der Waals surface area contributed by atoms with Crippen molar-refractivity contribution in [2.75, 3.05) is 18.0 Å². The summed E-state index contributed by atoms with van der Waals surface area (Å²) < 4.78 is 19.3. The number of pyridine rings is 1. The smallest absolute Gasteiger partial charge is 0.134 e. The Kier molecular flexibility index (Phi) is 4.40. The van der Waals surface area contributed by atoms with Crippen LogP contribution in [0.1, 0.15) is 29.7 Å². The molecular weight excluding hydrogens is 317 g/mol. The monoisotopic (exact) mass is 339 g/mol. The van der Waals surface area contributed by atoms with Gasteiger partial charge in [-0.2, -0.15) is 0 Å². The number of nitrogens with one attached hydrogen (secondary N) is 1.